The fourth-order valence-corrected chi connectivity index (χ4v) is 3.43. The van der Waals surface area contributed by atoms with Crippen molar-refractivity contribution in [3.05, 3.63) is 84.4 Å². The predicted octanol–water partition coefficient (Wildman–Crippen LogP) is 2.73. The largest absolute Gasteiger partial charge is 0.310 e. The number of hydrogen-bond acceptors (Lipinski definition) is 3. The van der Waals surface area contributed by atoms with Gasteiger partial charge >= 0.3 is 0 Å². The summed E-state index contributed by atoms with van der Waals surface area (Å²) in [6, 6.07) is 17.7. The van der Waals surface area contributed by atoms with Crippen LogP contribution in [0.4, 0.5) is 10.2 Å². The summed E-state index contributed by atoms with van der Waals surface area (Å²) in [6.07, 6.45) is 3.64. The maximum Gasteiger partial charge on any atom is 0.229 e. The van der Waals surface area contributed by atoms with Gasteiger partial charge in [-0.05, 0) is 47.5 Å². The molecule has 0 bridgehead atoms. The Balaban J connectivity index is 1.75. The maximum absolute atomic E-state index is 13.4. The predicted molar refractivity (Wildman–Crippen MR) is 119 cm³/mol. The molecule has 1 amide bonds. The van der Waals surface area contributed by atoms with Crippen LogP contribution < -0.4 is 10.8 Å². The molecule has 4 aromatic rings. The fraction of sp³-hybridized carbons (Fsp3) is 0.0870. The van der Waals surface area contributed by atoms with Gasteiger partial charge in [-0.1, -0.05) is 29.7 Å². The molecule has 0 radical (unpaired) electrons. The molecule has 2 aromatic heterocycles. The van der Waals surface area contributed by atoms with E-state index in [0.717, 1.165) is 27.7 Å². The van der Waals surface area contributed by atoms with Crippen LogP contribution >= 0.6 is 0 Å². The van der Waals surface area contributed by atoms with Gasteiger partial charge in [-0.15, -0.1) is 0 Å². The van der Waals surface area contributed by atoms with Crippen LogP contribution in [-0.4, -0.2) is 28.5 Å². The molecule has 2 heterocycles. The second-order valence-electron chi connectivity index (χ2n) is 7.09. The molecule has 0 aliphatic rings. The molecule has 0 atom stereocenters. The average Bonchev–Trinajstić information content (AvgIpc) is 3.07. The lowest BCUT2D eigenvalue weighted by atomic mass is 9.89. The number of pyridine rings is 1. The Morgan fingerprint density at radius 1 is 1.03 bits per heavy atom. The minimum atomic E-state index is -0.313. The number of carbonyl (C=O) groups excluding carboxylic acids is 1. The summed E-state index contributed by atoms with van der Waals surface area (Å²) in [5.74, 6) is 0.138. The maximum atomic E-state index is 13.4. The highest BCUT2D eigenvalue weighted by Crippen LogP contribution is 2.37. The molecule has 0 unspecified atom stereocenters. The monoisotopic (exact) mass is 398 g/mol. The van der Waals surface area contributed by atoms with Gasteiger partial charge in [0.25, 0.3) is 0 Å². The molecule has 2 aromatic carbocycles. The number of rotatable bonds is 5. The average molecular weight is 398 g/mol. The Labute approximate surface area is 175 Å². The number of nitrogens with zero attached hydrogens (tertiary/aromatic N) is 3. The van der Waals surface area contributed by atoms with Crippen LogP contribution in [-0.2, 0) is 18.3 Å². The quantitative estimate of drug-likeness (QED) is 0.526. The van der Waals surface area contributed by atoms with E-state index in [0.29, 0.717) is 11.5 Å². The summed E-state index contributed by atoms with van der Waals surface area (Å²) in [4.78, 5) is 16.9. The highest BCUT2D eigenvalue weighted by Gasteiger charge is 2.21. The zero-order valence-electron chi connectivity index (χ0n) is 16.8. The van der Waals surface area contributed by atoms with Gasteiger partial charge in [0.15, 0.2) is 0 Å². The van der Waals surface area contributed by atoms with Crippen molar-refractivity contribution in [3.63, 3.8) is 0 Å². The second-order valence-corrected chi connectivity index (χ2v) is 7.09. The van der Waals surface area contributed by atoms with E-state index in [1.807, 2.05) is 44.2 Å². The lowest BCUT2D eigenvalue weighted by molar-refractivity contribution is -0.115. The Morgan fingerprint density at radius 3 is 2.43 bits per heavy atom. The zero-order valence-corrected chi connectivity index (χ0v) is 16.8. The summed E-state index contributed by atoms with van der Waals surface area (Å²) in [5, 5.41) is 7.65. The van der Waals surface area contributed by atoms with Crippen LogP contribution in [0.2, 0.25) is 0 Å². The lowest BCUT2D eigenvalue weighted by Gasteiger charge is -2.11. The van der Waals surface area contributed by atoms with E-state index in [9.17, 15) is 9.18 Å². The van der Waals surface area contributed by atoms with E-state index in [4.69, 9.17) is 0 Å². The second kappa shape index (κ2) is 8.33. The van der Waals surface area contributed by atoms with Crippen LogP contribution in [0.25, 0.3) is 22.4 Å². The van der Waals surface area contributed by atoms with E-state index in [1.54, 1.807) is 36.3 Å². The molecule has 30 heavy (non-hydrogen) atoms. The van der Waals surface area contributed by atoms with Gasteiger partial charge in [0.2, 0.25) is 5.91 Å². The molecule has 4 rings (SSSR count). The molecule has 148 valence electrons. The molecule has 5 nitrogen and oxygen atoms in total. The van der Waals surface area contributed by atoms with Gasteiger partial charge < -0.3 is 5.32 Å². The zero-order chi connectivity index (χ0) is 21.1. The minimum Gasteiger partial charge on any atom is -0.310 e. The Morgan fingerprint density at radius 2 is 1.73 bits per heavy atom. The third kappa shape index (κ3) is 4.01. The number of anilines is 1. The van der Waals surface area contributed by atoms with Crippen LogP contribution in [0, 0.1) is 5.82 Å². The number of benzene rings is 2. The summed E-state index contributed by atoms with van der Waals surface area (Å²) in [5.41, 5.74) is 5.10. The van der Waals surface area contributed by atoms with Gasteiger partial charge in [-0.2, -0.15) is 5.10 Å². The van der Waals surface area contributed by atoms with Crippen LogP contribution in [0.15, 0.2) is 73.1 Å². The van der Waals surface area contributed by atoms with Crippen molar-refractivity contribution in [2.75, 3.05) is 5.32 Å². The molecule has 1 N–H and O–H groups in total. The SMILES string of the molecule is Bc1ccccc1CC(=O)Nc1c(-c2ccncc2)c(-c2ccc(F)cc2)nn1C. The van der Waals surface area contributed by atoms with Gasteiger partial charge in [0, 0.05) is 25.0 Å². The topological polar surface area (TPSA) is 59.8 Å². The van der Waals surface area contributed by atoms with E-state index in [1.165, 1.54) is 12.1 Å². The molecule has 0 saturated heterocycles. The Kier molecular flexibility index (Phi) is 5.43. The van der Waals surface area contributed by atoms with E-state index < -0.39 is 0 Å². The number of aromatic nitrogens is 3. The number of hydrogen-bond donors (Lipinski definition) is 1. The Bertz CT molecular complexity index is 1190. The standard InChI is InChI=1S/C23H20BFN4O/c1-29-23(27-20(30)14-17-4-2-3-5-19(17)24)21(15-10-12-26-13-11-15)22(28-29)16-6-8-18(25)9-7-16/h2-13H,14,24H2,1H3,(H,27,30). The third-order valence-electron chi connectivity index (χ3n) is 5.00. The van der Waals surface area contributed by atoms with Crippen molar-refractivity contribution >= 4 is 25.0 Å². The first-order valence-corrected chi connectivity index (χ1v) is 9.60. The van der Waals surface area contributed by atoms with Gasteiger partial charge in [-0.25, -0.2) is 4.39 Å². The van der Waals surface area contributed by atoms with Crippen molar-refractivity contribution in [2.24, 2.45) is 7.05 Å². The highest BCUT2D eigenvalue weighted by atomic mass is 19.1. The minimum absolute atomic E-state index is 0.131. The Hall–Kier alpha value is -3.74. The number of halogens is 1. The normalized spacial score (nSPS) is 10.7. The van der Waals surface area contributed by atoms with Crippen molar-refractivity contribution < 1.29 is 9.18 Å². The third-order valence-corrected chi connectivity index (χ3v) is 5.00. The molecular formula is C23H20BFN4O. The van der Waals surface area contributed by atoms with Crippen molar-refractivity contribution in [1.82, 2.24) is 14.8 Å². The van der Waals surface area contributed by atoms with E-state index in [-0.39, 0.29) is 18.1 Å². The molecule has 0 aliphatic carbocycles. The van der Waals surface area contributed by atoms with Crippen LogP contribution in [0.5, 0.6) is 0 Å². The molecular weight excluding hydrogens is 378 g/mol. The van der Waals surface area contributed by atoms with E-state index in [2.05, 4.69) is 15.4 Å². The summed E-state index contributed by atoms with van der Waals surface area (Å²) in [6.45, 7) is 0. The first kappa shape index (κ1) is 19.6. The lowest BCUT2D eigenvalue weighted by Crippen LogP contribution is -2.21. The fourth-order valence-electron chi connectivity index (χ4n) is 3.43. The van der Waals surface area contributed by atoms with E-state index >= 15 is 0 Å². The molecule has 0 spiro atoms. The van der Waals surface area contributed by atoms with Gasteiger partial charge in [0.05, 0.1) is 12.0 Å². The molecule has 0 saturated carbocycles. The number of amides is 1. The summed E-state index contributed by atoms with van der Waals surface area (Å²) >= 11 is 0. The van der Waals surface area contributed by atoms with Crippen LogP contribution in [0.1, 0.15) is 5.56 Å². The van der Waals surface area contributed by atoms with Gasteiger partial charge in [-0.3, -0.25) is 14.5 Å². The first-order valence-electron chi connectivity index (χ1n) is 9.60. The first-order chi connectivity index (χ1) is 14.5. The smallest absolute Gasteiger partial charge is 0.229 e. The van der Waals surface area contributed by atoms with Crippen molar-refractivity contribution in [1.29, 1.82) is 0 Å². The number of nitrogens with one attached hydrogen (secondary N) is 1. The summed E-state index contributed by atoms with van der Waals surface area (Å²) < 4.78 is 15.1. The van der Waals surface area contributed by atoms with Crippen LogP contribution in [0.3, 0.4) is 0 Å². The number of aryl methyl sites for hydroxylation is 1. The number of carbonyl (C=O) groups is 1. The van der Waals surface area contributed by atoms with Gasteiger partial charge in [0.1, 0.15) is 25.2 Å². The molecule has 0 aliphatic heterocycles. The highest BCUT2D eigenvalue weighted by molar-refractivity contribution is 6.33. The summed E-state index contributed by atoms with van der Waals surface area (Å²) in [7, 11) is 3.77. The molecule has 0 fully saturated rings. The van der Waals surface area contributed by atoms with Crippen molar-refractivity contribution in [2.45, 2.75) is 6.42 Å². The van der Waals surface area contributed by atoms with Crippen molar-refractivity contribution in [3.8, 4) is 22.4 Å². The molecule has 7 heteroatoms.